The molecule has 1 fully saturated rings. The number of allylic oxidation sites excluding steroid dienone is 2. The molecule has 168 valence electrons. The van der Waals surface area contributed by atoms with Crippen LogP contribution >= 0.6 is 0 Å². The summed E-state index contributed by atoms with van der Waals surface area (Å²) in [5, 5.41) is 0. The number of hydrogen-bond acceptors (Lipinski definition) is 3. The van der Waals surface area contributed by atoms with Gasteiger partial charge in [-0.2, -0.15) is 0 Å². The standard InChI is InChI=1S/C26H46O3/c1-2-3-4-5-6-7-8-9-10-11-12-13-14-15-16-17-18-19-20-21-22-24-23-25(27)29-26(24)28/h11-12,24H,2-10,13-23H2,1H3/b12-11+. The lowest BCUT2D eigenvalue weighted by Gasteiger charge is -2.04. The van der Waals surface area contributed by atoms with Crippen molar-refractivity contribution in [2.75, 3.05) is 0 Å². The average Bonchev–Trinajstić information content (AvgIpc) is 3.03. The average molecular weight is 407 g/mol. The number of carbonyl (C=O) groups excluding carboxylic acids is 2. The van der Waals surface area contributed by atoms with Crippen LogP contribution in [0.3, 0.4) is 0 Å². The van der Waals surface area contributed by atoms with Crippen LogP contribution in [0.5, 0.6) is 0 Å². The highest BCUT2D eigenvalue weighted by atomic mass is 16.6. The van der Waals surface area contributed by atoms with Crippen molar-refractivity contribution in [1.82, 2.24) is 0 Å². The van der Waals surface area contributed by atoms with Gasteiger partial charge in [-0.05, 0) is 32.1 Å². The molecule has 0 aromatic carbocycles. The van der Waals surface area contributed by atoms with E-state index in [-0.39, 0.29) is 17.9 Å². The van der Waals surface area contributed by atoms with E-state index in [4.69, 9.17) is 0 Å². The predicted molar refractivity (Wildman–Crippen MR) is 122 cm³/mol. The molecule has 0 saturated carbocycles. The molecular weight excluding hydrogens is 360 g/mol. The second-order valence-electron chi connectivity index (χ2n) is 8.83. The third-order valence-corrected chi connectivity index (χ3v) is 6.03. The highest BCUT2D eigenvalue weighted by Crippen LogP contribution is 2.22. The number of unbranched alkanes of at least 4 members (excludes halogenated alkanes) is 16. The quantitative estimate of drug-likeness (QED) is 0.0888. The van der Waals surface area contributed by atoms with Gasteiger partial charge in [-0.15, -0.1) is 0 Å². The maximum atomic E-state index is 11.4. The zero-order chi connectivity index (χ0) is 21.0. The fraction of sp³-hybridized carbons (Fsp3) is 0.846. The minimum Gasteiger partial charge on any atom is -0.393 e. The van der Waals surface area contributed by atoms with E-state index in [0.29, 0.717) is 6.42 Å². The highest BCUT2D eigenvalue weighted by molar-refractivity contribution is 5.94. The summed E-state index contributed by atoms with van der Waals surface area (Å²) in [6, 6.07) is 0. The fourth-order valence-corrected chi connectivity index (χ4v) is 4.09. The Balaban J connectivity index is 1.73. The molecule has 1 unspecified atom stereocenters. The van der Waals surface area contributed by atoms with Gasteiger partial charge in [0.2, 0.25) is 0 Å². The number of hydrogen-bond donors (Lipinski definition) is 0. The summed E-state index contributed by atoms with van der Waals surface area (Å²) in [5.74, 6) is -0.809. The summed E-state index contributed by atoms with van der Waals surface area (Å²) >= 11 is 0. The van der Waals surface area contributed by atoms with E-state index in [2.05, 4.69) is 23.8 Å². The normalized spacial score (nSPS) is 16.8. The predicted octanol–water partition coefficient (Wildman–Crippen LogP) is 8.06. The minimum absolute atomic E-state index is 0.161. The number of esters is 2. The Morgan fingerprint density at radius 3 is 1.59 bits per heavy atom. The molecular formula is C26H46O3. The van der Waals surface area contributed by atoms with Gasteiger partial charge in [0.15, 0.2) is 0 Å². The molecule has 29 heavy (non-hydrogen) atoms. The third kappa shape index (κ3) is 15.4. The molecule has 1 heterocycles. The number of ether oxygens (including phenoxy) is 1. The van der Waals surface area contributed by atoms with E-state index in [1.54, 1.807) is 0 Å². The van der Waals surface area contributed by atoms with E-state index >= 15 is 0 Å². The van der Waals surface area contributed by atoms with Crippen LogP contribution in [-0.4, -0.2) is 11.9 Å². The molecule has 0 amide bonds. The van der Waals surface area contributed by atoms with Gasteiger partial charge < -0.3 is 4.74 Å². The molecule has 0 bridgehead atoms. The van der Waals surface area contributed by atoms with Gasteiger partial charge in [0, 0.05) is 0 Å². The lowest BCUT2D eigenvalue weighted by atomic mass is 9.99. The summed E-state index contributed by atoms with van der Waals surface area (Å²) in [4.78, 5) is 22.4. The van der Waals surface area contributed by atoms with Crippen LogP contribution < -0.4 is 0 Å². The van der Waals surface area contributed by atoms with Crippen LogP contribution in [0, 0.1) is 5.92 Å². The first kappa shape index (κ1) is 25.9. The number of rotatable bonds is 20. The van der Waals surface area contributed by atoms with E-state index < -0.39 is 0 Å². The Morgan fingerprint density at radius 1 is 0.690 bits per heavy atom. The van der Waals surface area contributed by atoms with Crippen molar-refractivity contribution in [1.29, 1.82) is 0 Å². The van der Waals surface area contributed by atoms with E-state index in [0.717, 1.165) is 12.8 Å². The molecule has 0 spiro atoms. The van der Waals surface area contributed by atoms with Gasteiger partial charge >= 0.3 is 11.9 Å². The Labute approximate surface area is 180 Å². The summed E-state index contributed by atoms with van der Waals surface area (Å²) in [5.41, 5.74) is 0. The molecule has 0 aromatic heterocycles. The zero-order valence-electron chi connectivity index (χ0n) is 19.1. The van der Waals surface area contributed by atoms with Gasteiger partial charge in [0.25, 0.3) is 0 Å². The van der Waals surface area contributed by atoms with Gasteiger partial charge in [-0.25, -0.2) is 0 Å². The second-order valence-corrected chi connectivity index (χ2v) is 8.83. The number of carbonyl (C=O) groups is 2. The molecule has 1 aliphatic rings. The van der Waals surface area contributed by atoms with E-state index in [1.165, 1.54) is 109 Å². The summed E-state index contributed by atoms with van der Waals surface area (Å²) in [7, 11) is 0. The van der Waals surface area contributed by atoms with Crippen molar-refractivity contribution >= 4 is 11.9 Å². The number of cyclic esters (lactones) is 2. The molecule has 1 saturated heterocycles. The fourth-order valence-electron chi connectivity index (χ4n) is 4.09. The summed E-state index contributed by atoms with van der Waals surface area (Å²) in [6.45, 7) is 2.28. The maximum absolute atomic E-state index is 11.4. The van der Waals surface area contributed by atoms with Crippen LogP contribution in [0.1, 0.15) is 135 Å². The van der Waals surface area contributed by atoms with Crippen LogP contribution in [-0.2, 0) is 14.3 Å². The first-order chi connectivity index (χ1) is 14.2. The van der Waals surface area contributed by atoms with E-state index in [1.807, 2.05) is 0 Å². The van der Waals surface area contributed by atoms with Gasteiger partial charge in [0.05, 0.1) is 12.3 Å². The molecule has 1 aliphatic heterocycles. The Kier molecular flexibility index (Phi) is 16.9. The Hall–Kier alpha value is -1.12. The Bertz CT molecular complexity index is 441. The lowest BCUT2D eigenvalue weighted by molar-refractivity contribution is -0.153. The molecule has 3 heteroatoms. The molecule has 1 atom stereocenters. The SMILES string of the molecule is CCCCCCCCCC/C=C/CCCCCCCCCCC1CC(=O)OC1=O. The van der Waals surface area contributed by atoms with Crippen LogP contribution in [0.15, 0.2) is 12.2 Å². The van der Waals surface area contributed by atoms with Gasteiger partial charge in [-0.3, -0.25) is 9.59 Å². The van der Waals surface area contributed by atoms with Crippen molar-refractivity contribution in [3.05, 3.63) is 12.2 Å². The van der Waals surface area contributed by atoms with Crippen molar-refractivity contribution in [2.45, 2.75) is 135 Å². The first-order valence-corrected chi connectivity index (χ1v) is 12.6. The largest absolute Gasteiger partial charge is 0.393 e. The first-order valence-electron chi connectivity index (χ1n) is 12.6. The van der Waals surface area contributed by atoms with Gasteiger partial charge in [0.1, 0.15) is 0 Å². The molecule has 0 N–H and O–H groups in total. The topological polar surface area (TPSA) is 43.4 Å². The molecule has 0 radical (unpaired) electrons. The second kappa shape index (κ2) is 18.9. The Morgan fingerprint density at radius 2 is 1.14 bits per heavy atom. The van der Waals surface area contributed by atoms with Crippen LogP contribution in [0.25, 0.3) is 0 Å². The molecule has 0 aliphatic carbocycles. The zero-order valence-corrected chi connectivity index (χ0v) is 19.1. The molecule has 1 rings (SSSR count). The molecule has 0 aromatic rings. The monoisotopic (exact) mass is 406 g/mol. The van der Waals surface area contributed by atoms with Crippen LogP contribution in [0.2, 0.25) is 0 Å². The summed E-state index contributed by atoms with van der Waals surface area (Å²) < 4.78 is 4.59. The van der Waals surface area contributed by atoms with E-state index in [9.17, 15) is 9.59 Å². The van der Waals surface area contributed by atoms with Crippen molar-refractivity contribution < 1.29 is 14.3 Å². The highest BCUT2D eigenvalue weighted by Gasteiger charge is 2.32. The van der Waals surface area contributed by atoms with Crippen molar-refractivity contribution in [2.24, 2.45) is 5.92 Å². The van der Waals surface area contributed by atoms with Crippen molar-refractivity contribution in [3.63, 3.8) is 0 Å². The maximum Gasteiger partial charge on any atom is 0.317 e. The molecule has 3 nitrogen and oxygen atoms in total. The van der Waals surface area contributed by atoms with Crippen molar-refractivity contribution in [3.8, 4) is 0 Å². The minimum atomic E-state index is -0.344. The third-order valence-electron chi connectivity index (χ3n) is 6.03. The summed E-state index contributed by atoms with van der Waals surface area (Å²) in [6.07, 6.45) is 29.7. The van der Waals surface area contributed by atoms with Crippen LogP contribution in [0.4, 0.5) is 0 Å². The lowest BCUT2D eigenvalue weighted by Crippen LogP contribution is -2.06. The van der Waals surface area contributed by atoms with Gasteiger partial charge in [-0.1, -0.05) is 109 Å². The smallest absolute Gasteiger partial charge is 0.317 e.